The van der Waals surface area contributed by atoms with Crippen LogP contribution >= 0.6 is 11.3 Å². The van der Waals surface area contributed by atoms with Gasteiger partial charge < -0.3 is 9.47 Å². The van der Waals surface area contributed by atoms with Gasteiger partial charge in [-0.15, -0.1) is 0 Å². The Morgan fingerprint density at radius 3 is 2.69 bits per heavy atom. The zero-order chi connectivity index (χ0) is 24.8. The first-order valence-corrected chi connectivity index (χ1v) is 12.8. The average molecular weight is 495 g/mol. The predicted octanol–water partition coefficient (Wildman–Crippen LogP) is 4.64. The Morgan fingerprint density at radius 2 is 1.86 bits per heavy atom. The molecule has 6 rings (SSSR count). The lowest BCUT2D eigenvalue weighted by molar-refractivity contribution is 0.411. The lowest BCUT2D eigenvalue weighted by Crippen LogP contribution is -2.38. The van der Waals surface area contributed by atoms with Crippen LogP contribution < -0.4 is 24.4 Å². The third-order valence-electron chi connectivity index (χ3n) is 7.01. The fraction of sp³-hybridized carbons (Fsp3) is 0.200. The predicted molar refractivity (Wildman–Crippen MR) is 143 cm³/mol. The Morgan fingerprint density at radius 1 is 1.00 bits per heavy atom. The minimum atomic E-state index is -0.227. The van der Waals surface area contributed by atoms with Gasteiger partial charge in [-0.05, 0) is 71.9 Å². The SMILES string of the molecule is COc1cccc([C@@H]2C3=C(N=c4s/c(=C/c5ccc(C)c(OC)c5)c(=O)n42)c2ccccc2CC3)c1. The van der Waals surface area contributed by atoms with Crippen molar-refractivity contribution < 1.29 is 9.47 Å². The number of aromatic nitrogens is 1. The van der Waals surface area contributed by atoms with Crippen LogP contribution in [0.15, 0.2) is 82.1 Å². The molecule has 0 saturated carbocycles. The zero-order valence-electron chi connectivity index (χ0n) is 20.4. The van der Waals surface area contributed by atoms with Gasteiger partial charge in [0.15, 0.2) is 4.80 Å². The smallest absolute Gasteiger partial charge is 0.271 e. The number of methoxy groups -OCH3 is 2. The van der Waals surface area contributed by atoms with Crippen molar-refractivity contribution in [1.82, 2.24) is 4.57 Å². The number of hydrogen-bond acceptors (Lipinski definition) is 5. The van der Waals surface area contributed by atoms with Crippen molar-refractivity contribution in [3.63, 3.8) is 0 Å². The van der Waals surface area contributed by atoms with Crippen LogP contribution in [0.1, 0.15) is 40.3 Å². The summed E-state index contributed by atoms with van der Waals surface area (Å²) in [5.74, 6) is 1.58. The van der Waals surface area contributed by atoms with Crippen molar-refractivity contribution in [3.8, 4) is 11.5 Å². The minimum Gasteiger partial charge on any atom is -0.497 e. The maximum atomic E-state index is 13.9. The minimum absolute atomic E-state index is 0.0310. The lowest BCUT2D eigenvalue weighted by Gasteiger charge is -2.31. The van der Waals surface area contributed by atoms with Gasteiger partial charge >= 0.3 is 0 Å². The summed E-state index contributed by atoms with van der Waals surface area (Å²) >= 11 is 1.44. The summed E-state index contributed by atoms with van der Waals surface area (Å²) in [5, 5.41) is 0. The normalized spacial score (nSPS) is 16.6. The Bertz CT molecular complexity index is 1710. The van der Waals surface area contributed by atoms with E-state index in [0.717, 1.165) is 52.3 Å². The Hall–Kier alpha value is -3.90. The van der Waals surface area contributed by atoms with Gasteiger partial charge in [0, 0.05) is 5.56 Å². The Balaban J connectivity index is 1.61. The molecule has 4 aromatic rings. The maximum Gasteiger partial charge on any atom is 0.271 e. The number of aryl methyl sites for hydroxylation is 2. The van der Waals surface area contributed by atoms with Crippen molar-refractivity contribution in [3.05, 3.63) is 120 Å². The number of fused-ring (bicyclic) bond motifs is 3. The number of benzene rings is 3. The molecular weight excluding hydrogens is 468 g/mol. The van der Waals surface area contributed by atoms with Crippen LogP contribution in [0.4, 0.5) is 0 Å². The molecule has 36 heavy (non-hydrogen) atoms. The molecule has 0 N–H and O–H groups in total. The molecule has 0 spiro atoms. The van der Waals surface area contributed by atoms with E-state index in [9.17, 15) is 4.79 Å². The summed E-state index contributed by atoms with van der Waals surface area (Å²) in [6, 6.07) is 22.2. The van der Waals surface area contributed by atoms with Crippen LogP contribution in [0, 0.1) is 6.92 Å². The Kier molecular flexibility index (Phi) is 5.61. The zero-order valence-corrected chi connectivity index (χ0v) is 21.3. The molecule has 1 aliphatic carbocycles. The summed E-state index contributed by atoms with van der Waals surface area (Å²) in [4.78, 5) is 19.7. The average Bonchev–Trinajstić information content (AvgIpc) is 3.22. The van der Waals surface area contributed by atoms with Crippen LogP contribution in [0.2, 0.25) is 0 Å². The van der Waals surface area contributed by atoms with Gasteiger partial charge in [0.05, 0.1) is 30.5 Å². The molecule has 0 amide bonds. The van der Waals surface area contributed by atoms with E-state index in [-0.39, 0.29) is 11.6 Å². The number of ether oxygens (including phenoxy) is 2. The molecule has 2 heterocycles. The number of hydrogen-bond donors (Lipinski definition) is 0. The molecule has 0 radical (unpaired) electrons. The molecule has 3 aromatic carbocycles. The molecule has 0 unspecified atom stereocenters. The second-order valence-electron chi connectivity index (χ2n) is 9.12. The molecule has 2 aliphatic rings. The van der Waals surface area contributed by atoms with Crippen molar-refractivity contribution in [1.29, 1.82) is 0 Å². The summed E-state index contributed by atoms with van der Waals surface area (Å²) in [6.07, 6.45) is 3.72. The van der Waals surface area contributed by atoms with E-state index in [1.54, 1.807) is 14.2 Å². The molecule has 5 nitrogen and oxygen atoms in total. The molecule has 1 aliphatic heterocycles. The van der Waals surface area contributed by atoms with E-state index in [4.69, 9.17) is 14.5 Å². The van der Waals surface area contributed by atoms with Crippen LogP contribution in [0.5, 0.6) is 11.5 Å². The first-order chi connectivity index (χ1) is 17.6. The number of rotatable bonds is 4. The van der Waals surface area contributed by atoms with Gasteiger partial charge in [0.1, 0.15) is 11.5 Å². The fourth-order valence-corrected chi connectivity index (χ4v) is 6.21. The van der Waals surface area contributed by atoms with Crippen molar-refractivity contribution >= 4 is 23.1 Å². The Labute approximate surface area is 213 Å². The fourth-order valence-electron chi connectivity index (χ4n) is 5.21. The van der Waals surface area contributed by atoms with Gasteiger partial charge in [0.25, 0.3) is 5.56 Å². The number of thiazole rings is 1. The lowest BCUT2D eigenvalue weighted by atomic mass is 9.83. The third kappa shape index (κ3) is 3.69. The van der Waals surface area contributed by atoms with Gasteiger partial charge in [-0.1, -0.05) is 59.9 Å². The van der Waals surface area contributed by atoms with E-state index in [0.29, 0.717) is 9.33 Å². The molecule has 0 fully saturated rings. The van der Waals surface area contributed by atoms with Crippen LogP contribution in [-0.4, -0.2) is 18.8 Å². The summed E-state index contributed by atoms with van der Waals surface area (Å²) in [7, 11) is 3.33. The number of allylic oxidation sites excluding steroid dienone is 1. The molecule has 6 heteroatoms. The van der Waals surface area contributed by atoms with Crippen LogP contribution in [0.3, 0.4) is 0 Å². The monoisotopic (exact) mass is 494 g/mol. The largest absolute Gasteiger partial charge is 0.497 e. The van der Waals surface area contributed by atoms with Gasteiger partial charge in [-0.2, -0.15) is 0 Å². The summed E-state index contributed by atoms with van der Waals surface area (Å²) in [6.45, 7) is 2.01. The highest BCUT2D eigenvalue weighted by atomic mass is 32.1. The standard InChI is InChI=1S/C30H26N2O3S/c1-18-11-12-19(15-25(18)35-3)16-26-29(33)32-28(21-8-6-9-22(17-21)34-2)24-14-13-20-7-4-5-10-23(20)27(24)31-30(32)36-26/h4-12,15-17,28H,13-14H2,1-3H3/b26-16+/t28-/m1/s1. The molecule has 0 saturated heterocycles. The van der Waals surface area contributed by atoms with E-state index in [1.807, 2.05) is 54.0 Å². The molecule has 0 bridgehead atoms. The highest BCUT2D eigenvalue weighted by molar-refractivity contribution is 7.07. The second-order valence-corrected chi connectivity index (χ2v) is 10.1. The van der Waals surface area contributed by atoms with Gasteiger partial charge in [0.2, 0.25) is 0 Å². The van der Waals surface area contributed by atoms with Crippen LogP contribution in [0.25, 0.3) is 11.8 Å². The van der Waals surface area contributed by atoms with Crippen molar-refractivity contribution in [2.45, 2.75) is 25.8 Å². The van der Waals surface area contributed by atoms with Crippen molar-refractivity contribution in [2.75, 3.05) is 14.2 Å². The maximum absolute atomic E-state index is 13.9. The highest BCUT2D eigenvalue weighted by Crippen LogP contribution is 2.41. The van der Waals surface area contributed by atoms with Crippen molar-refractivity contribution in [2.24, 2.45) is 4.99 Å². The first kappa shape index (κ1) is 22.6. The van der Waals surface area contributed by atoms with E-state index in [2.05, 4.69) is 30.3 Å². The number of nitrogens with zero attached hydrogens (tertiary/aromatic N) is 2. The highest BCUT2D eigenvalue weighted by Gasteiger charge is 2.32. The first-order valence-electron chi connectivity index (χ1n) is 12.0. The molecule has 1 atom stereocenters. The topological polar surface area (TPSA) is 52.8 Å². The third-order valence-corrected chi connectivity index (χ3v) is 8.00. The van der Waals surface area contributed by atoms with E-state index in [1.165, 1.54) is 22.5 Å². The summed E-state index contributed by atoms with van der Waals surface area (Å²) < 4.78 is 13.5. The molecular formula is C30H26N2O3S. The quantitative estimate of drug-likeness (QED) is 0.415. The van der Waals surface area contributed by atoms with E-state index >= 15 is 0 Å². The van der Waals surface area contributed by atoms with Crippen LogP contribution in [-0.2, 0) is 6.42 Å². The van der Waals surface area contributed by atoms with Gasteiger partial charge in [-0.3, -0.25) is 9.36 Å². The van der Waals surface area contributed by atoms with E-state index < -0.39 is 0 Å². The molecule has 180 valence electrons. The summed E-state index contributed by atoms with van der Waals surface area (Å²) in [5.41, 5.74) is 7.61. The van der Waals surface area contributed by atoms with Gasteiger partial charge in [-0.25, -0.2) is 4.99 Å². The molecule has 1 aromatic heterocycles. The second kappa shape index (κ2) is 8.95.